The van der Waals surface area contributed by atoms with E-state index < -0.39 is 0 Å². The fraction of sp³-hybridized carbons (Fsp3) is 0.167. The third-order valence-corrected chi connectivity index (χ3v) is 2.37. The Morgan fingerprint density at radius 1 is 1.14 bits per heavy atom. The van der Waals surface area contributed by atoms with Gasteiger partial charge < -0.3 is 4.74 Å². The monoisotopic (exact) mass is 206 g/mol. The maximum Gasteiger partial charge on any atom is 0.120 e. The molecule has 1 unspecified atom stereocenters. The molecule has 2 heteroatoms. The zero-order valence-electron chi connectivity index (χ0n) is 7.69. The zero-order chi connectivity index (χ0) is 9.80. The first-order valence-corrected chi connectivity index (χ1v) is 4.95. The van der Waals surface area contributed by atoms with Crippen LogP contribution in [0.1, 0.15) is 5.56 Å². The summed E-state index contributed by atoms with van der Waals surface area (Å²) in [6.07, 6.45) is 8.71. The fourth-order valence-electron chi connectivity index (χ4n) is 1.39. The molecule has 0 bridgehead atoms. The molecule has 1 aliphatic heterocycles. The highest BCUT2D eigenvalue weighted by Crippen LogP contribution is 2.14. The van der Waals surface area contributed by atoms with Crippen molar-refractivity contribution >= 4 is 11.6 Å². The second-order valence-corrected chi connectivity index (χ2v) is 3.65. The Labute approximate surface area is 88.7 Å². The van der Waals surface area contributed by atoms with Crippen LogP contribution in [0, 0.1) is 0 Å². The van der Waals surface area contributed by atoms with Crippen LogP contribution in [0.2, 0.25) is 5.02 Å². The van der Waals surface area contributed by atoms with Gasteiger partial charge in [0.2, 0.25) is 0 Å². The molecule has 2 rings (SSSR count). The first-order valence-electron chi connectivity index (χ1n) is 4.58. The molecule has 14 heavy (non-hydrogen) atoms. The van der Waals surface area contributed by atoms with E-state index >= 15 is 0 Å². The lowest BCUT2D eigenvalue weighted by atomic mass is 10.1. The van der Waals surface area contributed by atoms with Gasteiger partial charge in [-0.05, 0) is 29.8 Å². The van der Waals surface area contributed by atoms with E-state index in [1.807, 2.05) is 36.4 Å². The van der Waals surface area contributed by atoms with E-state index in [0.29, 0.717) is 0 Å². The van der Waals surface area contributed by atoms with E-state index in [-0.39, 0.29) is 6.10 Å². The van der Waals surface area contributed by atoms with Crippen LogP contribution < -0.4 is 0 Å². The predicted octanol–water partition coefficient (Wildman–Crippen LogP) is 3.35. The lowest BCUT2D eigenvalue weighted by Gasteiger charge is -2.14. The van der Waals surface area contributed by atoms with Crippen molar-refractivity contribution < 1.29 is 4.74 Å². The van der Waals surface area contributed by atoms with Crippen LogP contribution in [0.5, 0.6) is 0 Å². The number of benzene rings is 1. The van der Waals surface area contributed by atoms with Gasteiger partial charge in [-0.2, -0.15) is 0 Å². The van der Waals surface area contributed by atoms with Gasteiger partial charge >= 0.3 is 0 Å². The summed E-state index contributed by atoms with van der Waals surface area (Å²) in [7, 11) is 0. The van der Waals surface area contributed by atoms with Gasteiger partial charge in [-0.1, -0.05) is 29.8 Å². The second kappa shape index (κ2) is 4.34. The van der Waals surface area contributed by atoms with Crippen molar-refractivity contribution in [3.05, 3.63) is 59.3 Å². The first kappa shape index (κ1) is 9.35. The van der Waals surface area contributed by atoms with Gasteiger partial charge in [-0.15, -0.1) is 0 Å². The molecule has 0 N–H and O–H groups in total. The molecule has 1 aromatic carbocycles. The molecule has 1 nitrogen and oxygen atoms in total. The Morgan fingerprint density at radius 3 is 2.57 bits per heavy atom. The lowest BCUT2D eigenvalue weighted by molar-refractivity contribution is 0.183. The van der Waals surface area contributed by atoms with Crippen LogP contribution in [0.25, 0.3) is 0 Å². The zero-order valence-corrected chi connectivity index (χ0v) is 8.45. The molecule has 0 radical (unpaired) electrons. The van der Waals surface area contributed by atoms with Gasteiger partial charge in [-0.3, -0.25) is 0 Å². The number of hydrogen-bond acceptors (Lipinski definition) is 1. The quantitative estimate of drug-likeness (QED) is 0.721. The maximum absolute atomic E-state index is 5.80. The van der Waals surface area contributed by atoms with E-state index in [1.165, 1.54) is 5.56 Å². The van der Waals surface area contributed by atoms with Gasteiger partial charge in [0.25, 0.3) is 0 Å². The minimum atomic E-state index is 0.154. The van der Waals surface area contributed by atoms with Gasteiger partial charge in [0.05, 0.1) is 6.26 Å². The molecule has 1 aromatic rings. The summed E-state index contributed by atoms with van der Waals surface area (Å²) in [5.74, 6) is 0. The molecule has 0 saturated heterocycles. The topological polar surface area (TPSA) is 9.23 Å². The molecular weight excluding hydrogens is 196 g/mol. The smallest absolute Gasteiger partial charge is 0.120 e. The van der Waals surface area contributed by atoms with Crippen molar-refractivity contribution in [2.75, 3.05) is 0 Å². The first-order chi connectivity index (χ1) is 6.84. The van der Waals surface area contributed by atoms with E-state index in [0.717, 1.165) is 11.4 Å². The van der Waals surface area contributed by atoms with Crippen molar-refractivity contribution in [3.63, 3.8) is 0 Å². The highest BCUT2D eigenvalue weighted by atomic mass is 35.5. The van der Waals surface area contributed by atoms with E-state index in [2.05, 4.69) is 6.08 Å². The SMILES string of the molecule is Clc1ccc(CC2C=CC=CO2)cc1. The molecular formula is C12H11ClO. The molecule has 0 saturated carbocycles. The third-order valence-electron chi connectivity index (χ3n) is 2.12. The van der Waals surface area contributed by atoms with Crippen molar-refractivity contribution in [1.82, 2.24) is 0 Å². The van der Waals surface area contributed by atoms with Crippen LogP contribution in [0.4, 0.5) is 0 Å². The molecule has 0 spiro atoms. The van der Waals surface area contributed by atoms with E-state index in [1.54, 1.807) is 6.26 Å². The largest absolute Gasteiger partial charge is 0.494 e. The highest BCUT2D eigenvalue weighted by Gasteiger charge is 2.06. The Morgan fingerprint density at radius 2 is 1.93 bits per heavy atom. The summed E-state index contributed by atoms with van der Waals surface area (Å²) in [4.78, 5) is 0. The van der Waals surface area contributed by atoms with Crippen molar-refractivity contribution in [2.24, 2.45) is 0 Å². The summed E-state index contributed by atoms with van der Waals surface area (Å²) in [5.41, 5.74) is 1.24. The average Bonchev–Trinajstić information content (AvgIpc) is 2.23. The number of ether oxygens (including phenoxy) is 1. The summed E-state index contributed by atoms with van der Waals surface area (Å²) in [6, 6.07) is 7.86. The summed E-state index contributed by atoms with van der Waals surface area (Å²) >= 11 is 5.80. The number of hydrogen-bond donors (Lipinski definition) is 0. The average molecular weight is 207 g/mol. The molecule has 1 aliphatic rings. The van der Waals surface area contributed by atoms with Crippen LogP contribution in [0.15, 0.2) is 48.8 Å². The molecule has 1 atom stereocenters. The van der Waals surface area contributed by atoms with Crippen LogP contribution in [0.3, 0.4) is 0 Å². The Hall–Kier alpha value is -1.21. The Balaban J connectivity index is 2.00. The Kier molecular flexibility index (Phi) is 2.90. The molecule has 0 aromatic heterocycles. The fourth-order valence-corrected chi connectivity index (χ4v) is 1.52. The second-order valence-electron chi connectivity index (χ2n) is 3.22. The molecule has 72 valence electrons. The number of allylic oxidation sites excluding steroid dienone is 2. The highest BCUT2D eigenvalue weighted by molar-refractivity contribution is 6.30. The van der Waals surface area contributed by atoms with Crippen LogP contribution >= 0.6 is 11.6 Å². The maximum atomic E-state index is 5.80. The van der Waals surface area contributed by atoms with Crippen LogP contribution in [-0.2, 0) is 11.2 Å². The van der Waals surface area contributed by atoms with Crippen molar-refractivity contribution in [3.8, 4) is 0 Å². The van der Waals surface area contributed by atoms with Crippen molar-refractivity contribution in [2.45, 2.75) is 12.5 Å². The molecule has 1 heterocycles. The summed E-state index contributed by atoms with van der Waals surface area (Å²) < 4.78 is 5.41. The van der Waals surface area contributed by atoms with Gasteiger partial charge in [0.1, 0.15) is 6.10 Å². The third kappa shape index (κ3) is 2.39. The van der Waals surface area contributed by atoms with Gasteiger partial charge in [0, 0.05) is 11.4 Å². The molecule has 0 aliphatic carbocycles. The minimum absolute atomic E-state index is 0.154. The molecule has 0 amide bonds. The normalized spacial score (nSPS) is 19.4. The van der Waals surface area contributed by atoms with Crippen molar-refractivity contribution in [1.29, 1.82) is 0 Å². The summed E-state index contributed by atoms with van der Waals surface area (Å²) in [6.45, 7) is 0. The van der Waals surface area contributed by atoms with Gasteiger partial charge in [0.15, 0.2) is 0 Å². The predicted molar refractivity (Wildman–Crippen MR) is 58.3 cm³/mol. The standard InChI is InChI=1S/C12H11ClO/c13-11-6-4-10(5-7-11)9-12-3-1-2-8-14-12/h1-8,12H,9H2. The van der Waals surface area contributed by atoms with E-state index in [4.69, 9.17) is 16.3 Å². The van der Waals surface area contributed by atoms with Crippen LogP contribution in [-0.4, -0.2) is 6.10 Å². The number of halogens is 1. The minimum Gasteiger partial charge on any atom is -0.494 e. The van der Waals surface area contributed by atoms with Gasteiger partial charge in [-0.25, -0.2) is 0 Å². The molecule has 0 fully saturated rings. The van der Waals surface area contributed by atoms with E-state index in [9.17, 15) is 0 Å². The lowest BCUT2D eigenvalue weighted by Crippen LogP contribution is -2.11. The number of rotatable bonds is 2. The summed E-state index contributed by atoms with van der Waals surface area (Å²) in [5, 5.41) is 0.772. The Bertz CT molecular complexity index is 351.